The Morgan fingerprint density at radius 2 is 1.86 bits per heavy atom. The van der Waals surface area contributed by atoms with Crippen LogP contribution >= 0.6 is 0 Å². The smallest absolute Gasteiger partial charge is 0.152 e. The summed E-state index contributed by atoms with van der Waals surface area (Å²) in [6, 6.07) is 0. The molecule has 4 aliphatic rings. The minimum Gasteiger partial charge on any atom is -0.396 e. The lowest BCUT2D eigenvalue weighted by Crippen LogP contribution is -2.70. The number of allylic oxidation sites excluding steroid dienone is 4. The molecule has 3 N–H and O–H groups in total. The molecule has 9 heteroatoms. The van der Waals surface area contributed by atoms with E-state index in [-0.39, 0.29) is 30.7 Å². The van der Waals surface area contributed by atoms with Crippen LogP contribution in [0.4, 0.5) is 8.78 Å². The second-order valence-electron chi connectivity index (χ2n) is 10.9. The molecule has 4 aliphatic carbocycles. The minimum atomic E-state index is -2.15. The zero-order valence-electron chi connectivity index (χ0n) is 21.2. The van der Waals surface area contributed by atoms with Crippen LogP contribution in [0, 0.1) is 28.6 Å². The van der Waals surface area contributed by atoms with Crippen LogP contribution in [0.5, 0.6) is 0 Å². The number of hydrogen-bond donors (Lipinski definition) is 3. The Morgan fingerprint density at radius 1 is 1.17 bits per heavy atom. The Hall–Kier alpha value is -1.84. The van der Waals surface area contributed by atoms with Gasteiger partial charge in [-0.25, -0.2) is 8.78 Å². The molecule has 0 aromatic heterocycles. The van der Waals surface area contributed by atoms with Crippen LogP contribution in [0.15, 0.2) is 34.1 Å². The maximum atomic E-state index is 17.4. The average molecular weight is 497 g/mol. The van der Waals surface area contributed by atoms with Gasteiger partial charge in [-0.05, 0) is 69.6 Å². The van der Waals surface area contributed by atoms with Gasteiger partial charge in [0.1, 0.15) is 36.4 Å². The van der Waals surface area contributed by atoms with Gasteiger partial charge in [-0.1, -0.05) is 30.2 Å². The molecular weight excluding hydrogens is 458 g/mol. The van der Waals surface area contributed by atoms with Crippen LogP contribution in [0.25, 0.3) is 0 Å². The van der Waals surface area contributed by atoms with E-state index < -0.39 is 58.7 Å². The maximum absolute atomic E-state index is 17.4. The first-order chi connectivity index (χ1) is 16.4. The molecule has 3 saturated carbocycles. The van der Waals surface area contributed by atoms with Gasteiger partial charge in [-0.15, -0.1) is 0 Å². The maximum Gasteiger partial charge on any atom is 0.152 e. The second kappa shape index (κ2) is 8.92. The standard InChI is InChI=1S/C26H38F2N2O5/c1-6-34-29-16-8-9-23(4)19(11-16)20(27)12-18-17-10-15(3)26(33,21(14-31)30-35-7-2)24(17,5)13-22(32)25(18,23)28/h8-9,11,15,17-18,20,22,31-33H,6-7,10,12-14H2,1-5H3/b29-16-,30-21-/t15-,17+,18+,20+,22+,23+,24+,25+,26+/m1/s1. The van der Waals surface area contributed by atoms with Gasteiger partial charge < -0.3 is 25.0 Å². The summed E-state index contributed by atoms with van der Waals surface area (Å²) < 4.78 is 33.2. The summed E-state index contributed by atoms with van der Waals surface area (Å²) in [4.78, 5) is 10.3. The second-order valence-corrected chi connectivity index (χ2v) is 10.9. The molecule has 0 aromatic carbocycles. The van der Waals surface area contributed by atoms with Crippen molar-refractivity contribution in [3.63, 3.8) is 0 Å². The fourth-order valence-corrected chi connectivity index (χ4v) is 7.72. The Bertz CT molecular complexity index is 969. The van der Waals surface area contributed by atoms with Crippen LogP contribution in [0.3, 0.4) is 0 Å². The van der Waals surface area contributed by atoms with E-state index in [0.717, 1.165) is 0 Å². The Kier molecular flexibility index (Phi) is 6.69. The third-order valence-corrected chi connectivity index (χ3v) is 9.41. The zero-order valence-corrected chi connectivity index (χ0v) is 21.2. The lowest BCUT2D eigenvalue weighted by atomic mass is 9.44. The third-order valence-electron chi connectivity index (χ3n) is 9.41. The molecule has 0 aromatic rings. The Labute approximate surface area is 205 Å². The number of hydrogen-bond acceptors (Lipinski definition) is 7. The summed E-state index contributed by atoms with van der Waals surface area (Å²) in [5.74, 6) is -1.71. The fourth-order valence-electron chi connectivity index (χ4n) is 7.72. The van der Waals surface area contributed by atoms with E-state index in [2.05, 4.69) is 10.3 Å². The molecule has 196 valence electrons. The van der Waals surface area contributed by atoms with E-state index in [1.807, 2.05) is 6.92 Å². The Morgan fingerprint density at radius 3 is 2.49 bits per heavy atom. The lowest BCUT2D eigenvalue weighted by molar-refractivity contribution is -0.214. The van der Waals surface area contributed by atoms with Crippen LogP contribution in [0.1, 0.15) is 53.9 Å². The van der Waals surface area contributed by atoms with Crippen LogP contribution in [-0.4, -0.2) is 70.1 Å². The van der Waals surface area contributed by atoms with Gasteiger partial charge >= 0.3 is 0 Å². The van der Waals surface area contributed by atoms with Crippen molar-refractivity contribution in [2.24, 2.45) is 38.9 Å². The van der Waals surface area contributed by atoms with Crippen LogP contribution < -0.4 is 0 Å². The highest BCUT2D eigenvalue weighted by Gasteiger charge is 2.76. The number of fused-ring (bicyclic) bond motifs is 5. The predicted octanol–water partition coefficient (Wildman–Crippen LogP) is 3.49. The molecule has 0 amide bonds. The molecule has 0 saturated heterocycles. The van der Waals surface area contributed by atoms with Crippen molar-refractivity contribution in [2.75, 3.05) is 19.8 Å². The van der Waals surface area contributed by atoms with E-state index in [1.54, 1.807) is 39.8 Å². The summed E-state index contributed by atoms with van der Waals surface area (Å²) in [6.07, 6.45) is 2.05. The van der Waals surface area contributed by atoms with Gasteiger partial charge in [0, 0.05) is 16.7 Å². The summed E-state index contributed by atoms with van der Waals surface area (Å²) >= 11 is 0. The molecule has 7 nitrogen and oxygen atoms in total. The highest BCUT2D eigenvalue weighted by Crippen LogP contribution is 2.71. The largest absolute Gasteiger partial charge is 0.396 e. The van der Waals surface area contributed by atoms with Crippen molar-refractivity contribution in [1.29, 1.82) is 0 Å². The normalized spacial score (nSPS) is 48.2. The molecule has 0 radical (unpaired) electrons. The molecule has 0 heterocycles. The van der Waals surface area contributed by atoms with Gasteiger partial charge in [0.25, 0.3) is 0 Å². The molecule has 0 spiro atoms. The molecule has 3 fully saturated rings. The van der Waals surface area contributed by atoms with Crippen LogP contribution in [0.2, 0.25) is 0 Å². The zero-order chi connectivity index (χ0) is 25.8. The van der Waals surface area contributed by atoms with Crippen molar-refractivity contribution >= 4 is 11.4 Å². The van der Waals surface area contributed by atoms with Gasteiger partial charge in [0.15, 0.2) is 5.67 Å². The van der Waals surface area contributed by atoms with Crippen molar-refractivity contribution in [2.45, 2.75) is 77.4 Å². The van der Waals surface area contributed by atoms with Crippen molar-refractivity contribution < 1.29 is 33.8 Å². The highest BCUT2D eigenvalue weighted by molar-refractivity contribution is 6.05. The quantitative estimate of drug-likeness (QED) is 0.386. The van der Waals surface area contributed by atoms with Crippen molar-refractivity contribution in [3.8, 4) is 0 Å². The number of halogens is 2. The Balaban J connectivity index is 1.80. The molecule has 0 aliphatic heterocycles. The monoisotopic (exact) mass is 496 g/mol. The lowest BCUT2D eigenvalue weighted by Gasteiger charge is -2.63. The molecule has 0 unspecified atom stereocenters. The number of rotatable bonds is 6. The number of aliphatic hydroxyl groups is 3. The molecule has 9 atom stereocenters. The summed E-state index contributed by atoms with van der Waals surface area (Å²) in [5.41, 5.74) is -5.50. The summed E-state index contributed by atoms with van der Waals surface area (Å²) in [5, 5.41) is 41.5. The first-order valence-electron chi connectivity index (χ1n) is 12.6. The number of oxime groups is 2. The van der Waals surface area contributed by atoms with Gasteiger partial charge in [-0.2, -0.15) is 0 Å². The van der Waals surface area contributed by atoms with Crippen LogP contribution in [-0.2, 0) is 9.68 Å². The summed E-state index contributed by atoms with van der Waals surface area (Å²) in [6.45, 7) is 8.86. The SMILES string of the molecule is CCO/N=C1/C=C[C@@]2(C)C(=C1)[C@@H](F)C[C@H]1[C@@H]3C[C@@H](C)[C@](O)(/C(CO)=N\OCC)[C@@]3(C)C[C@H](O)[C@@]12F. The first kappa shape index (κ1) is 26.2. The fraction of sp³-hybridized carbons (Fsp3) is 0.769. The third kappa shape index (κ3) is 3.37. The van der Waals surface area contributed by atoms with Crippen molar-refractivity contribution in [1.82, 2.24) is 0 Å². The molecular formula is C26H38F2N2O5. The molecule has 4 rings (SSSR count). The van der Waals surface area contributed by atoms with E-state index in [4.69, 9.17) is 9.68 Å². The van der Waals surface area contributed by atoms with Gasteiger partial charge in [-0.3, -0.25) is 0 Å². The van der Waals surface area contributed by atoms with Gasteiger partial charge in [0.2, 0.25) is 0 Å². The predicted molar refractivity (Wildman–Crippen MR) is 128 cm³/mol. The van der Waals surface area contributed by atoms with E-state index in [1.165, 1.54) is 6.08 Å². The molecule has 35 heavy (non-hydrogen) atoms. The number of aliphatic hydroxyl groups excluding tert-OH is 2. The number of alkyl halides is 2. The van der Waals surface area contributed by atoms with E-state index in [9.17, 15) is 15.3 Å². The van der Waals surface area contributed by atoms with Crippen molar-refractivity contribution in [3.05, 3.63) is 23.8 Å². The van der Waals surface area contributed by atoms with E-state index in [0.29, 0.717) is 18.7 Å². The average Bonchev–Trinajstić information content (AvgIpc) is 3.02. The number of nitrogens with zero attached hydrogens (tertiary/aromatic N) is 2. The summed E-state index contributed by atoms with van der Waals surface area (Å²) in [7, 11) is 0. The van der Waals surface area contributed by atoms with E-state index >= 15 is 8.78 Å². The highest BCUT2D eigenvalue weighted by atomic mass is 19.1. The first-order valence-corrected chi connectivity index (χ1v) is 12.6. The molecule has 0 bridgehead atoms. The topological polar surface area (TPSA) is 104 Å². The van der Waals surface area contributed by atoms with Gasteiger partial charge in [0.05, 0.1) is 12.7 Å². The minimum absolute atomic E-state index is 0.0594.